The standard InChI is InChI=1S/C15H23NO5.ClH/c1-20-12-8-6-11(7-9-12)4-3-5-13(18)15(16,10-17)14(19)21-2;/h6-9,13,17-18H,3-5,10,16H2,1-2H3;1H. The van der Waals surface area contributed by atoms with Crippen molar-refractivity contribution in [1.29, 1.82) is 0 Å². The number of aliphatic hydroxyl groups is 2. The average Bonchev–Trinajstić information content (AvgIpc) is 2.53. The summed E-state index contributed by atoms with van der Waals surface area (Å²) in [6.07, 6.45) is 0.727. The molecular formula is C15H24ClNO5. The van der Waals surface area contributed by atoms with Crippen molar-refractivity contribution in [3.8, 4) is 5.75 Å². The first-order valence-corrected chi connectivity index (χ1v) is 6.83. The van der Waals surface area contributed by atoms with Crippen LogP contribution < -0.4 is 22.9 Å². The second-order valence-corrected chi connectivity index (χ2v) is 5.06. The van der Waals surface area contributed by atoms with Crippen molar-refractivity contribution in [3.05, 3.63) is 29.8 Å². The quantitative estimate of drug-likeness (QED) is 0.429. The zero-order valence-corrected chi connectivity index (χ0v) is 13.7. The number of rotatable bonds is 8. The first kappa shape index (κ1) is 20.7. The molecule has 0 aliphatic heterocycles. The van der Waals surface area contributed by atoms with Crippen LogP contribution in [0.3, 0.4) is 0 Å². The summed E-state index contributed by atoms with van der Waals surface area (Å²) in [6, 6.07) is 7.66. The predicted octanol–water partition coefficient (Wildman–Crippen LogP) is -3.47. The van der Waals surface area contributed by atoms with Gasteiger partial charge in [0.05, 0.1) is 14.2 Å². The SMILES string of the molecule is COC(=O)C([NH3+])(CO)C(O)CCCc1ccc(OC)cc1.[Cl-]. The fourth-order valence-electron chi connectivity index (χ4n) is 2.08. The Kier molecular flexibility index (Phi) is 9.04. The number of quaternary nitrogens is 1. The fourth-order valence-corrected chi connectivity index (χ4v) is 2.08. The van der Waals surface area contributed by atoms with E-state index < -0.39 is 24.2 Å². The van der Waals surface area contributed by atoms with Crippen LogP contribution in [0.2, 0.25) is 0 Å². The molecule has 2 unspecified atom stereocenters. The minimum absolute atomic E-state index is 0. The molecule has 0 radical (unpaired) electrons. The lowest BCUT2D eigenvalue weighted by Crippen LogP contribution is -3.00. The summed E-state index contributed by atoms with van der Waals surface area (Å²) in [4.78, 5) is 11.6. The van der Waals surface area contributed by atoms with Gasteiger partial charge in [-0.15, -0.1) is 0 Å². The number of benzene rings is 1. The maximum Gasteiger partial charge on any atom is 0.372 e. The molecule has 0 spiro atoms. The maximum absolute atomic E-state index is 11.6. The van der Waals surface area contributed by atoms with E-state index in [1.165, 1.54) is 7.11 Å². The Hall–Kier alpha value is -1.34. The lowest BCUT2D eigenvalue weighted by atomic mass is 9.90. The van der Waals surface area contributed by atoms with Gasteiger partial charge < -0.3 is 37.8 Å². The molecule has 126 valence electrons. The Bertz CT molecular complexity index is 454. The number of carbonyl (C=O) groups is 1. The molecule has 0 saturated heterocycles. The normalized spacial score (nSPS) is 14.4. The third kappa shape index (κ3) is 5.14. The Morgan fingerprint density at radius 3 is 2.36 bits per heavy atom. The van der Waals surface area contributed by atoms with Gasteiger partial charge in [0.15, 0.2) is 0 Å². The zero-order chi connectivity index (χ0) is 15.9. The van der Waals surface area contributed by atoms with Crippen molar-refractivity contribution >= 4 is 5.97 Å². The molecule has 0 heterocycles. The summed E-state index contributed by atoms with van der Waals surface area (Å²) in [5.74, 6) is 0.0866. The first-order valence-electron chi connectivity index (χ1n) is 6.83. The third-order valence-corrected chi connectivity index (χ3v) is 3.61. The van der Waals surface area contributed by atoms with Crippen molar-refractivity contribution in [2.45, 2.75) is 30.9 Å². The highest BCUT2D eigenvalue weighted by atomic mass is 35.5. The number of hydrogen-bond donors (Lipinski definition) is 3. The van der Waals surface area contributed by atoms with Crippen LogP contribution in [0.25, 0.3) is 0 Å². The number of esters is 1. The minimum Gasteiger partial charge on any atom is -1.00 e. The van der Waals surface area contributed by atoms with Gasteiger partial charge in [0.25, 0.3) is 0 Å². The largest absolute Gasteiger partial charge is 1.00 e. The first-order chi connectivity index (χ1) is 9.97. The summed E-state index contributed by atoms with van der Waals surface area (Å²) in [5.41, 5.74) is 3.21. The number of ether oxygens (including phenoxy) is 2. The second-order valence-electron chi connectivity index (χ2n) is 5.06. The van der Waals surface area contributed by atoms with Gasteiger partial charge in [-0.1, -0.05) is 12.1 Å². The Morgan fingerprint density at radius 2 is 1.91 bits per heavy atom. The molecule has 7 heteroatoms. The molecule has 22 heavy (non-hydrogen) atoms. The van der Waals surface area contributed by atoms with Crippen LogP contribution in [0.1, 0.15) is 18.4 Å². The van der Waals surface area contributed by atoms with Crippen LogP contribution in [-0.2, 0) is 16.0 Å². The number of hydrogen-bond acceptors (Lipinski definition) is 5. The number of carbonyl (C=O) groups excluding carboxylic acids is 1. The van der Waals surface area contributed by atoms with Crippen molar-refractivity contribution in [3.63, 3.8) is 0 Å². The Labute approximate surface area is 136 Å². The van der Waals surface area contributed by atoms with Crippen LogP contribution in [-0.4, -0.2) is 48.7 Å². The summed E-state index contributed by atoms with van der Waals surface area (Å²) in [7, 11) is 2.82. The van der Waals surface area contributed by atoms with Crippen molar-refractivity contribution < 1.29 is 42.6 Å². The molecule has 0 amide bonds. The Balaban J connectivity index is 0.00000441. The summed E-state index contributed by atoms with van der Waals surface area (Å²) < 4.78 is 9.66. The molecule has 6 nitrogen and oxygen atoms in total. The molecule has 0 bridgehead atoms. The summed E-state index contributed by atoms with van der Waals surface area (Å²) in [5, 5.41) is 19.4. The van der Waals surface area contributed by atoms with Crippen LogP contribution in [0.15, 0.2) is 24.3 Å². The molecule has 5 N–H and O–H groups in total. The van der Waals surface area contributed by atoms with E-state index in [9.17, 15) is 15.0 Å². The maximum atomic E-state index is 11.6. The predicted molar refractivity (Wildman–Crippen MR) is 76.7 cm³/mol. The van der Waals surface area contributed by atoms with Gasteiger partial charge in [-0.25, -0.2) is 4.79 Å². The lowest BCUT2D eigenvalue weighted by Gasteiger charge is -2.25. The lowest BCUT2D eigenvalue weighted by molar-refractivity contribution is -0.486. The van der Waals surface area contributed by atoms with Gasteiger partial charge >= 0.3 is 5.97 Å². The minimum atomic E-state index is -1.52. The van der Waals surface area contributed by atoms with Crippen molar-refractivity contribution in [2.75, 3.05) is 20.8 Å². The van der Waals surface area contributed by atoms with Crippen LogP contribution in [0, 0.1) is 0 Å². The number of halogens is 1. The summed E-state index contributed by atoms with van der Waals surface area (Å²) in [6.45, 7) is -0.552. The number of aliphatic hydroxyl groups excluding tert-OH is 2. The van der Waals surface area contributed by atoms with Crippen LogP contribution >= 0.6 is 0 Å². The topological polar surface area (TPSA) is 104 Å². The van der Waals surface area contributed by atoms with Gasteiger partial charge in [0.2, 0.25) is 5.54 Å². The van der Waals surface area contributed by atoms with E-state index in [2.05, 4.69) is 10.5 Å². The molecular weight excluding hydrogens is 310 g/mol. The fraction of sp³-hybridized carbons (Fsp3) is 0.533. The van der Waals surface area contributed by atoms with E-state index in [1.54, 1.807) is 7.11 Å². The van der Waals surface area contributed by atoms with Gasteiger partial charge in [0.1, 0.15) is 18.5 Å². The van der Waals surface area contributed by atoms with Crippen LogP contribution in [0.5, 0.6) is 5.75 Å². The number of aryl methyl sites for hydroxylation is 1. The van der Waals surface area contributed by atoms with E-state index >= 15 is 0 Å². The van der Waals surface area contributed by atoms with Crippen molar-refractivity contribution in [2.24, 2.45) is 0 Å². The van der Waals surface area contributed by atoms with E-state index in [1.807, 2.05) is 24.3 Å². The molecule has 0 aliphatic rings. The molecule has 0 saturated carbocycles. The highest BCUT2D eigenvalue weighted by Crippen LogP contribution is 2.16. The van der Waals surface area contributed by atoms with E-state index in [0.717, 1.165) is 17.7 Å². The van der Waals surface area contributed by atoms with Gasteiger partial charge in [-0.05, 0) is 37.0 Å². The molecule has 0 fully saturated rings. The monoisotopic (exact) mass is 333 g/mol. The van der Waals surface area contributed by atoms with Gasteiger partial charge in [-0.3, -0.25) is 0 Å². The number of methoxy groups -OCH3 is 2. The highest BCUT2D eigenvalue weighted by Gasteiger charge is 2.46. The highest BCUT2D eigenvalue weighted by molar-refractivity contribution is 5.79. The van der Waals surface area contributed by atoms with E-state index in [0.29, 0.717) is 12.8 Å². The molecule has 1 rings (SSSR count). The second kappa shape index (κ2) is 9.63. The molecule has 1 aromatic carbocycles. The molecule has 0 aliphatic carbocycles. The molecule has 1 aromatic rings. The average molecular weight is 334 g/mol. The zero-order valence-electron chi connectivity index (χ0n) is 12.9. The van der Waals surface area contributed by atoms with E-state index in [-0.39, 0.29) is 12.4 Å². The van der Waals surface area contributed by atoms with Crippen LogP contribution in [0.4, 0.5) is 0 Å². The van der Waals surface area contributed by atoms with Gasteiger partial charge in [-0.2, -0.15) is 0 Å². The van der Waals surface area contributed by atoms with E-state index in [4.69, 9.17) is 4.74 Å². The molecule has 0 aromatic heterocycles. The van der Waals surface area contributed by atoms with Gasteiger partial charge in [0, 0.05) is 0 Å². The smallest absolute Gasteiger partial charge is 0.372 e. The Morgan fingerprint density at radius 1 is 1.32 bits per heavy atom. The third-order valence-electron chi connectivity index (χ3n) is 3.61. The van der Waals surface area contributed by atoms with Crippen molar-refractivity contribution in [1.82, 2.24) is 0 Å². The molecule has 2 atom stereocenters. The summed E-state index contributed by atoms with van der Waals surface area (Å²) >= 11 is 0.